The summed E-state index contributed by atoms with van der Waals surface area (Å²) >= 11 is 1.55. The van der Waals surface area contributed by atoms with Gasteiger partial charge >= 0.3 is 0 Å². The fraction of sp³-hybridized carbons (Fsp3) is 0.417. The van der Waals surface area contributed by atoms with E-state index in [1.54, 1.807) is 11.3 Å². The van der Waals surface area contributed by atoms with Gasteiger partial charge < -0.3 is 5.11 Å². The van der Waals surface area contributed by atoms with Crippen molar-refractivity contribution in [3.63, 3.8) is 0 Å². The van der Waals surface area contributed by atoms with Crippen molar-refractivity contribution in [2.45, 2.75) is 37.1 Å². The summed E-state index contributed by atoms with van der Waals surface area (Å²) in [7, 11) is -3.65. The van der Waals surface area contributed by atoms with Gasteiger partial charge in [-0.05, 0) is 35.2 Å². The minimum atomic E-state index is -3.65. The van der Waals surface area contributed by atoms with Gasteiger partial charge in [-0.3, -0.25) is 5.10 Å². The largest absolute Gasteiger partial charge is 0.392 e. The third kappa shape index (κ3) is 2.51. The van der Waals surface area contributed by atoms with Crippen LogP contribution in [0.5, 0.6) is 0 Å². The average molecular weight is 313 g/mol. The number of aromatic nitrogens is 2. The monoisotopic (exact) mass is 313 g/mol. The van der Waals surface area contributed by atoms with Crippen molar-refractivity contribution in [2.75, 3.05) is 0 Å². The van der Waals surface area contributed by atoms with Crippen LogP contribution < -0.4 is 0 Å². The highest BCUT2D eigenvalue weighted by atomic mass is 32.2. The zero-order chi connectivity index (χ0) is 14.2. The lowest BCUT2D eigenvalue weighted by atomic mass is 10.3. The number of hydrogen-bond acceptors (Lipinski definition) is 5. The maximum absolute atomic E-state index is 12.7. The summed E-state index contributed by atoms with van der Waals surface area (Å²) in [6.07, 6.45) is 3.11. The zero-order valence-corrected chi connectivity index (χ0v) is 12.3. The summed E-state index contributed by atoms with van der Waals surface area (Å²) in [5, 5.41) is 19.3. The molecule has 6 nitrogen and oxygen atoms in total. The van der Waals surface area contributed by atoms with Crippen molar-refractivity contribution in [3.8, 4) is 0 Å². The number of aliphatic hydroxyl groups excluding tert-OH is 1. The van der Waals surface area contributed by atoms with E-state index in [0.717, 1.165) is 18.4 Å². The molecule has 0 spiro atoms. The minimum Gasteiger partial charge on any atom is -0.392 e. The number of nitrogens with one attached hydrogen (secondary N) is 1. The lowest BCUT2D eigenvalue weighted by molar-refractivity contribution is 0.277. The second kappa shape index (κ2) is 5.28. The van der Waals surface area contributed by atoms with E-state index in [1.807, 2.05) is 16.8 Å². The molecular formula is C12H15N3O3S2. The third-order valence-electron chi connectivity index (χ3n) is 3.29. The van der Waals surface area contributed by atoms with Gasteiger partial charge in [-0.25, -0.2) is 8.42 Å². The quantitative estimate of drug-likeness (QED) is 0.842. The molecule has 2 N–H and O–H groups in total. The number of nitrogens with zero attached hydrogens (tertiary/aromatic N) is 2. The molecule has 20 heavy (non-hydrogen) atoms. The molecule has 3 rings (SSSR count). The first-order chi connectivity index (χ1) is 9.63. The highest BCUT2D eigenvalue weighted by molar-refractivity contribution is 7.89. The van der Waals surface area contributed by atoms with Crippen LogP contribution in [0, 0.1) is 0 Å². The highest BCUT2D eigenvalue weighted by Crippen LogP contribution is 2.34. The first kappa shape index (κ1) is 13.7. The van der Waals surface area contributed by atoms with Crippen LogP contribution in [-0.4, -0.2) is 34.1 Å². The molecule has 1 saturated carbocycles. The SMILES string of the molecule is O=S(=O)(c1[nH]ncc1CO)N(Cc1ccsc1)C1CC1. The lowest BCUT2D eigenvalue weighted by Crippen LogP contribution is -2.33. The number of H-pyrrole nitrogens is 1. The van der Waals surface area contributed by atoms with E-state index >= 15 is 0 Å². The molecule has 1 fully saturated rings. The first-order valence-corrected chi connectivity index (χ1v) is 8.67. The molecule has 1 aliphatic carbocycles. The molecule has 2 aromatic rings. The molecule has 0 bridgehead atoms. The van der Waals surface area contributed by atoms with Crippen LogP contribution in [0.1, 0.15) is 24.0 Å². The summed E-state index contributed by atoms with van der Waals surface area (Å²) in [6.45, 7) is 0.0163. The Labute approximate surface area is 121 Å². The number of aliphatic hydroxyl groups is 1. The van der Waals surface area contributed by atoms with E-state index in [9.17, 15) is 13.5 Å². The van der Waals surface area contributed by atoms with Crippen LogP contribution in [0.2, 0.25) is 0 Å². The number of hydrogen-bond donors (Lipinski definition) is 2. The minimum absolute atomic E-state index is 0.00197. The van der Waals surface area contributed by atoms with Crippen LogP contribution in [0.15, 0.2) is 28.0 Å². The molecule has 0 saturated heterocycles. The summed E-state index contributed by atoms with van der Waals surface area (Å²) in [6, 6.07) is 1.98. The Morgan fingerprint density at radius 1 is 1.50 bits per heavy atom. The van der Waals surface area contributed by atoms with E-state index in [1.165, 1.54) is 10.5 Å². The Hall–Kier alpha value is -1.22. The predicted octanol–water partition coefficient (Wildman–Crippen LogP) is 1.32. The molecule has 0 unspecified atom stereocenters. The van der Waals surface area contributed by atoms with E-state index in [-0.39, 0.29) is 17.7 Å². The Morgan fingerprint density at radius 3 is 2.90 bits per heavy atom. The van der Waals surface area contributed by atoms with Gasteiger partial charge in [-0.15, -0.1) is 0 Å². The van der Waals surface area contributed by atoms with Gasteiger partial charge in [-0.1, -0.05) is 0 Å². The molecule has 0 amide bonds. The van der Waals surface area contributed by atoms with Gasteiger partial charge in [-0.2, -0.15) is 20.7 Å². The Kier molecular flexibility index (Phi) is 3.63. The Morgan fingerprint density at radius 2 is 2.30 bits per heavy atom. The highest BCUT2D eigenvalue weighted by Gasteiger charge is 2.39. The van der Waals surface area contributed by atoms with Crippen molar-refractivity contribution >= 4 is 21.4 Å². The van der Waals surface area contributed by atoms with E-state index < -0.39 is 10.0 Å². The number of sulfonamides is 1. The second-order valence-corrected chi connectivity index (χ2v) is 7.40. The molecule has 0 atom stereocenters. The topological polar surface area (TPSA) is 86.3 Å². The smallest absolute Gasteiger partial charge is 0.260 e. The number of rotatable bonds is 6. The summed E-state index contributed by atoms with van der Waals surface area (Å²) < 4.78 is 27.0. The van der Waals surface area contributed by atoms with Gasteiger partial charge in [0.2, 0.25) is 0 Å². The first-order valence-electron chi connectivity index (χ1n) is 6.29. The van der Waals surface area contributed by atoms with Gasteiger partial charge in [0.1, 0.15) is 0 Å². The molecule has 108 valence electrons. The molecule has 8 heteroatoms. The van der Waals surface area contributed by atoms with E-state index in [0.29, 0.717) is 12.1 Å². The standard InChI is InChI=1S/C12H15N3O3S2/c16-7-10-5-13-14-12(10)20(17,18)15(11-1-2-11)6-9-3-4-19-8-9/h3-5,8,11,16H,1-2,6-7H2,(H,13,14). The molecule has 0 radical (unpaired) electrons. The van der Waals surface area contributed by atoms with E-state index in [2.05, 4.69) is 10.2 Å². The normalized spacial score (nSPS) is 15.9. The van der Waals surface area contributed by atoms with Gasteiger partial charge in [0.25, 0.3) is 10.0 Å². The van der Waals surface area contributed by atoms with Crippen LogP contribution in [0.4, 0.5) is 0 Å². The zero-order valence-electron chi connectivity index (χ0n) is 10.7. The molecule has 0 aliphatic heterocycles. The third-order valence-corrected chi connectivity index (χ3v) is 5.93. The fourth-order valence-electron chi connectivity index (χ4n) is 2.09. The molecule has 1 aliphatic rings. The van der Waals surface area contributed by atoms with Gasteiger partial charge in [0.15, 0.2) is 5.03 Å². The fourth-order valence-corrected chi connectivity index (χ4v) is 4.52. The van der Waals surface area contributed by atoms with Crippen molar-refractivity contribution in [1.29, 1.82) is 0 Å². The number of aromatic amines is 1. The summed E-state index contributed by atoms with van der Waals surface area (Å²) in [4.78, 5) is 0. The van der Waals surface area contributed by atoms with E-state index in [4.69, 9.17) is 0 Å². The van der Waals surface area contributed by atoms with Gasteiger partial charge in [0.05, 0.1) is 12.8 Å². The van der Waals surface area contributed by atoms with Crippen molar-refractivity contribution in [1.82, 2.24) is 14.5 Å². The average Bonchev–Trinajstić information content (AvgIpc) is 2.95. The van der Waals surface area contributed by atoms with Crippen LogP contribution in [0.3, 0.4) is 0 Å². The van der Waals surface area contributed by atoms with Crippen molar-refractivity contribution < 1.29 is 13.5 Å². The van der Waals surface area contributed by atoms with Gasteiger partial charge in [0, 0.05) is 18.2 Å². The van der Waals surface area contributed by atoms with Crippen LogP contribution >= 0.6 is 11.3 Å². The van der Waals surface area contributed by atoms with Crippen LogP contribution in [0.25, 0.3) is 0 Å². The van der Waals surface area contributed by atoms with Crippen molar-refractivity contribution in [3.05, 3.63) is 34.2 Å². The maximum atomic E-state index is 12.7. The summed E-state index contributed by atoms with van der Waals surface area (Å²) in [5.74, 6) is 0. The molecule has 2 aromatic heterocycles. The Balaban J connectivity index is 1.94. The maximum Gasteiger partial charge on any atom is 0.260 e. The molecular weight excluding hydrogens is 298 g/mol. The van der Waals surface area contributed by atoms with Crippen molar-refractivity contribution in [2.24, 2.45) is 0 Å². The lowest BCUT2D eigenvalue weighted by Gasteiger charge is -2.21. The number of thiophene rings is 1. The second-order valence-electron chi connectivity index (χ2n) is 4.80. The Bertz CT molecular complexity index is 675. The summed E-state index contributed by atoms with van der Waals surface area (Å²) in [5.41, 5.74) is 1.29. The predicted molar refractivity (Wildman–Crippen MR) is 74.6 cm³/mol. The molecule has 0 aromatic carbocycles. The van der Waals surface area contributed by atoms with Crippen LogP contribution in [-0.2, 0) is 23.2 Å². The molecule has 2 heterocycles.